The summed E-state index contributed by atoms with van der Waals surface area (Å²) in [6.07, 6.45) is 1.51. The van der Waals surface area contributed by atoms with Crippen LogP contribution >= 0.6 is 0 Å². The van der Waals surface area contributed by atoms with Crippen LogP contribution in [0, 0.1) is 5.41 Å². The first kappa shape index (κ1) is 17.0. The standard InChI is InChI=1S/C11H21FO.C2H6.H2/c1-6-10(4,5)8-11(12,7-2)9(3)13;1-2;/h6-8H2,1-5H3;1-2H3;1H/t11-;;/m1../s1. The molecule has 2 heteroatoms. The Hall–Kier alpha value is -0.400. The van der Waals surface area contributed by atoms with Crippen LogP contribution in [0.2, 0.25) is 0 Å². The molecule has 1 nitrogen and oxygen atoms in total. The normalized spacial score (nSPS) is 14.9. The zero-order chi connectivity index (χ0) is 12.7. The van der Waals surface area contributed by atoms with Crippen molar-refractivity contribution in [1.29, 1.82) is 0 Å². The minimum Gasteiger partial charge on any atom is -0.296 e. The molecular weight excluding hydrogens is 191 g/mol. The van der Waals surface area contributed by atoms with E-state index in [1.54, 1.807) is 6.92 Å². The van der Waals surface area contributed by atoms with Crippen molar-refractivity contribution in [3.05, 3.63) is 0 Å². The first-order chi connectivity index (χ1) is 6.77. The average molecular weight is 220 g/mol. The number of halogens is 1. The van der Waals surface area contributed by atoms with E-state index in [1.807, 2.05) is 34.6 Å². The highest BCUT2D eigenvalue weighted by Gasteiger charge is 2.38. The first-order valence-corrected chi connectivity index (χ1v) is 5.97. The maximum atomic E-state index is 14.0. The zero-order valence-corrected chi connectivity index (χ0v) is 11.4. The Morgan fingerprint density at radius 3 is 1.80 bits per heavy atom. The van der Waals surface area contributed by atoms with Gasteiger partial charge in [0.15, 0.2) is 11.5 Å². The van der Waals surface area contributed by atoms with Crippen LogP contribution in [-0.4, -0.2) is 11.5 Å². The molecule has 0 saturated carbocycles. The quantitative estimate of drug-likeness (QED) is 0.651. The van der Waals surface area contributed by atoms with E-state index in [9.17, 15) is 9.18 Å². The fourth-order valence-electron chi connectivity index (χ4n) is 1.38. The Kier molecular flexibility index (Phi) is 7.90. The van der Waals surface area contributed by atoms with Gasteiger partial charge in [0.05, 0.1) is 0 Å². The highest BCUT2D eigenvalue weighted by Crippen LogP contribution is 2.35. The zero-order valence-electron chi connectivity index (χ0n) is 11.4. The fraction of sp³-hybridized carbons (Fsp3) is 0.923. The first-order valence-electron chi connectivity index (χ1n) is 5.97. The van der Waals surface area contributed by atoms with Crippen LogP contribution < -0.4 is 0 Å². The monoisotopic (exact) mass is 220 g/mol. The molecule has 1 atom stereocenters. The van der Waals surface area contributed by atoms with Crippen molar-refractivity contribution in [1.82, 2.24) is 0 Å². The average Bonchev–Trinajstić information content (AvgIpc) is 2.20. The molecule has 0 N–H and O–H groups in total. The molecule has 0 spiro atoms. The Morgan fingerprint density at radius 1 is 1.20 bits per heavy atom. The SMILES string of the molecule is CC.CCC(C)(C)C[C@](F)(CC)C(C)=O.[HH]. The molecule has 0 aromatic rings. The van der Waals surface area contributed by atoms with Gasteiger partial charge in [-0.25, -0.2) is 4.39 Å². The van der Waals surface area contributed by atoms with Crippen LogP contribution in [-0.2, 0) is 4.79 Å². The van der Waals surface area contributed by atoms with Crippen molar-refractivity contribution < 1.29 is 10.6 Å². The van der Waals surface area contributed by atoms with Gasteiger partial charge < -0.3 is 0 Å². The Morgan fingerprint density at radius 2 is 1.60 bits per heavy atom. The van der Waals surface area contributed by atoms with Crippen LogP contribution in [0.25, 0.3) is 0 Å². The van der Waals surface area contributed by atoms with Gasteiger partial charge in [-0.2, -0.15) is 0 Å². The maximum Gasteiger partial charge on any atom is 0.168 e. The number of hydrogen-bond acceptors (Lipinski definition) is 1. The summed E-state index contributed by atoms with van der Waals surface area (Å²) in [6.45, 7) is 13.1. The topological polar surface area (TPSA) is 17.1 Å². The highest BCUT2D eigenvalue weighted by molar-refractivity contribution is 5.84. The van der Waals surface area contributed by atoms with Crippen molar-refractivity contribution >= 4 is 5.78 Å². The van der Waals surface area contributed by atoms with Crippen molar-refractivity contribution in [3.8, 4) is 0 Å². The molecule has 0 aliphatic rings. The highest BCUT2D eigenvalue weighted by atomic mass is 19.1. The number of Topliss-reactive ketones (excluding diaryl/α,β-unsaturated/α-hetero) is 1. The van der Waals surface area contributed by atoms with E-state index in [2.05, 4.69) is 0 Å². The van der Waals surface area contributed by atoms with E-state index in [0.717, 1.165) is 6.42 Å². The van der Waals surface area contributed by atoms with E-state index in [4.69, 9.17) is 0 Å². The predicted molar refractivity (Wildman–Crippen MR) is 67.0 cm³/mol. The van der Waals surface area contributed by atoms with Crippen LogP contribution in [0.15, 0.2) is 0 Å². The summed E-state index contributed by atoms with van der Waals surface area (Å²) in [5, 5.41) is 0. The van der Waals surface area contributed by atoms with Crippen LogP contribution in [0.5, 0.6) is 0 Å². The summed E-state index contributed by atoms with van der Waals surface area (Å²) in [5.74, 6) is -0.337. The van der Waals surface area contributed by atoms with E-state index < -0.39 is 5.67 Å². The molecule has 0 bridgehead atoms. The Labute approximate surface area is 95.9 Å². The summed E-state index contributed by atoms with van der Waals surface area (Å²) in [5.41, 5.74) is -1.70. The van der Waals surface area contributed by atoms with Crippen molar-refractivity contribution in [2.45, 2.75) is 73.4 Å². The molecule has 0 amide bonds. The summed E-state index contributed by atoms with van der Waals surface area (Å²) < 4.78 is 14.0. The molecule has 0 aromatic heterocycles. The number of alkyl halides is 1. The van der Waals surface area contributed by atoms with Gasteiger partial charge in [-0.05, 0) is 25.2 Å². The van der Waals surface area contributed by atoms with Gasteiger partial charge in [0.2, 0.25) is 0 Å². The summed E-state index contributed by atoms with van der Waals surface area (Å²) >= 11 is 0. The lowest BCUT2D eigenvalue weighted by Crippen LogP contribution is -2.36. The molecular formula is C13H29FO. The third-order valence-corrected chi connectivity index (χ3v) is 2.91. The van der Waals surface area contributed by atoms with E-state index in [1.165, 1.54) is 6.92 Å². The number of rotatable bonds is 5. The smallest absolute Gasteiger partial charge is 0.168 e. The van der Waals surface area contributed by atoms with E-state index >= 15 is 0 Å². The molecule has 94 valence electrons. The Balaban J connectivity index is -0.000000529. The molecule has 0 fully saturated rings. The van der Waals surface area contributed by atoms with E-state index in [-0.39, 0.29) is 19.0 Å². The molecule has 0 rings (SSSR count). The predicted octanol–water partition coefficient (Wildman–Crippen LogP) is 4.79. The second-order valence-corrected chi connectivity index (χ2v) is 4.57. The third-order valence-electron chi connectivity index (χ3n) is 2.91. The second-order valence-electron chi connectivity index (χ2n) is 4.57. The van der Waals surface area contributed by atoms with Crippen molar-refractivity contribution in [3.63, 3.8) is 0 Å². The van der Waals surface area contributed by atoms with Crippen molar-refractivity contribution in [2.24, 2.45) is 5.41 Å². The van der Waals surface area contributed by atoms with Crippen LogP contribution in [0.4, 0.5) is 4.39 Å². The van der Waals surface area contributed by atoms with E-state index in [0.29, 0.717) is 6.42 Å². The minimum atomic E-state index is -1.61. The van der Waals surface area contributed by atoms with Gasteiger partial charge in [0.1, 0.15) is 0 Å². The molecule has 0 unspecified atom stereocenters. The number of carbonyl (C=O) groups is 1. The largest absolute Gasteiger partial charge is 0.296 e. The minimum absolute atomic E-state index is 0. The third kappa shape index (κ3) is 5.91. The van der Waals surface area contributed by atoms with Gasteiger partial charge in [-0.15, -0.1) is 0 Å². The van der Waals surface area contributed by atoms with Crippen LogP contribution in [0.1, 0.15) is 69.2 Å². The van der Waals surface area contributed by atoms with Crippen LogP contribution in [0.3, 0.4) is 0 Å². The van der Waals surface area contributed by atoms with Gasteiger partial charge >= 0.3 is 0 Å². The molecule has 0 radical (unpaired) electrons. The molecule has 0 heterocycles. The Bertz CT molecular complexity index is 192. The molecule has 15 heavy (non-hydrogen) atoms. The molecule has 0 aliphatic heterocycles. The lowest BCUT2D eigenvalue weighted by Gasteiger charge is -2.31. The van der Waals surface area contributed by atoms with Gasteiger partial charge in [0.25, 0.3) is 0 Å². The summed E-state index contributed by atoms with van der Waals surface area (Å²) in [6, 6.07) is 0. The fourth-order valence-corrected chi connectivity index (χ4v) is 1.38. The summed E-state index contributed by atoms with van der Waals surface area (Å²) in [4.78, 5) is 11.1. The van der Waals surface area contributed by atoms with Crippen molar-refractivity contribution in [2.75, 3.05) is 0 Å². The number of ketones is 1. The molecule has 0 aromatic carbocycles. The summed E-state index contributed by atoms with van der Waals surface area (Å²) in [7, 11) is 0. The molecule has 0 saturated heterocycles. The lowest BCUT2D eigenvalue weighted by molar-refractivity contribution is -0.130. The second kappa shape index (κ2) is 6.97. The molecule has 0 aliphatic carbocycles. The number of hydrogen-bond donors (Lipinski definition) is 0. The van der Waals surface area contributed by atoms with Gasteiger partial charge in [0, 0.05) is 1.43 Å². The van der Waals surface area contributed by atoms with Gasteiger partial charge in [-0.3, -0.25) is 4.79 Å². The maximum absolute atomic E-state index is 14.0. The number of carbonyl (C=O) groups excluding carboxylic acids is 1. The van der Waals surface area contributed by atoms with Gasteiger partial charge in [-0.1, -0.05) is 48.0 Å². The lowest BCUT2D eigenvalue weighted by atomic mass is 9.77.